The molecule has 3 N–H and O–H groups in total. The number of rotatable bonds is 4. The topological polar surface area (TPSA) is 38.0 Å². The first kappa shape index (κ1) is 14.2. The predicted octanol–water partition coefficient (Wildman–Crippen LogP) is 3.23. The molecule has 2 nitrogen and oxygen atoms in total. The molecule has 0 amide bonds. The van der Waals surface area contributed by atoms with Crippen LogP contribution in [0.25, 0.3) is 0 Å². The SMILES string of the molecule is NNC(Cc1ccc(F)cc1F)C1=CCCCCC1. The Labute approximate surface area is 112 Å². The van der Waals surface area contributed by atoms with Crippen molar-refractivity contribution in [2.45, 2.75) is 44.6 Å². The normalized spacial score (nSPS) is 17.7. The second-order valence-corrected chi connectivity index (χ2v) is 5.04. The van der Waals surface area contributed by atoms with Crippen molar-refractivity contribution >= 4 is 0 Å². The summed E-state index contributed by atoms with van der Waals surface area (Å²) in [6.45, 7) is 0. The molecule has 0 saturated heterocycles. The highest BCUT2D eigenvalue weighted by Crippen LogP contribution is 2.22. The van der Waals surface area contributed by atoms with Gasteiger partial charge in [-0.1, -0.05) is 24.1 Å². The van der Waals surface area contributed by atoms with Gasteiger partial charge in [-0.25, -0.2) is 8.78 Å². The van der Waals surface area contributed by atoms with Crippen molar-refractivity contribution in [2.75, 3.05) is 0 Å². The fourth-order valence-corrected chi connectivity index (χ4v) is 2.56. The summed E-state index contributed by atoms with van der Waals surface area (Å²) in [5.74, 6) is 4.54. The third kappa shape index (κ3) is 3.85. The van der Waals surface area contributed by atoms with Crippen LogP contribution < -0.4 is 11.3 Å². The van der Waals surface area contributed by atoms with Gasteiger partial charge in [-0.2, -0.15) is 0 Å². The van der Waals surface area contributed by atoms with E-state index >= 15 is 0 Å². The van der Waals surface area contributed by atoms with Crippen molar-refractivity contribution in [3.8, 4) is 0 Å². The Balaban J connectivity index is 2.11. The minimum atomic E-state index is -0.549. The molecule has 0 spiro atoms. The van der Waals surface area contributed by atoms with Crippen molar-refractivity contribution in [1.82, 2.24) is 5.43 Å². The minimum Gasteiger partial charge on any atom is -0.271 e. The van der Waals surface area contributed by atoms with Crippen LogP contribution in [-0.2, 0) is 6.42 Å². The molecule has 0 bridgehead atoms. The first-order valence-corrected chi connectivity index (χ1v) is 6.79. The summed E-state index contributed by atoms with van der Waals surface area (Å²) >= 11 is 0. The Morgan fingerprint density at radius 3 is 2.79 bits per heavy atom. The van der Waals surface area contributed by atoms with Crippen molar-refractivity contribution in [3.63, 3.8) is 0 Å². The van der Waals surface area contributed by atoms with Gasteiger partial charge in [0.1, 0.15) is 11.6 Å². The fraction of sp³-hybridized carbons (Fsp3) is 0.467. The zero-order valence-corrected chi connectivity index (χ0v) is 11.0. The van der Waals surface area contributed by atoms with Gasteiger partial charge in [0.05, 0.1) is 0 Å². The molecule has 1 aliphatic carbocycles. The minimum absolute atomic E-state index is 0.0712. The van der Waals surface area contributed by atoms with Crippen LogP contribution in [0.5, 0.6) is 0 Å². The summed E-state index contributed by atoms with van der Waals surface area (Å²) in [7, 11) is 0. The van der Waals surface area contributed by atoms with Crippen molar-refractivity contribution in [2.24, 2.45) is 5.84 Å². The quantitative estimate of drug-likeness (QED) is 0.499. The van der Waals surface area contributed by atoms with Gasteiger partial charge in [0.2, 0.25) is 0 Å². The number of hydrogen-bond acceptors (Lipinski definition) is 2. The first-order chi connectivity index (χ1) is 9.20. The Bertz CT molecular complexity index is 457. The average Bonchev–Trinajstić information content (AvgIpc) is 2.67. The summed E-state index contributed by atoms with van der Waals surface area (Å²) in [6.07, 6.45) is 8.29. The van der Waals surface area contributed by atoms with Gasteiger partial charge >= 0.3 is 0 Å². The van der Waals surface area contributed by atoms with Crippen LogP contribution in [0.2, 0.25) is 0 Å². The van der Waals surface area contributed by atoms with Gasteiger partial charge in [0.25, 0.3) is 0 Å². The summed E-state index contributed by atoms with van der Waals surface area (Å²) < 4.78 is 26.5. The molecule has 4 heteroatoms. The molecule has 1 unspecified atom stereocenters. The van der Waals surface area contributed by atoms with Crippen LogP contribution >= 0.6 is 0 Å². The number of benzene rings is 1. The first-order valence-electron chi connectivity index (χ1n) is 6.79. The van der Waals surface area contributed by atoms with E-state index in [9.17, 15) is 8.78 Å². The van der Waals surface area contributed by atoms with E-state index < -0.39 is 11.6 Å². The zero-order valence-electron chi connectivity index (χ0n) is 11.0. The lowest BCUT2D eigenvalue weighted by Crippen LogP contribution is -2.38. The molecule has 0 aliphatic heterocycles. The molecule has 1 aliphatic rings. The maximum atomic E-state index is 13.7. The Kier molecular flexibility index (Phi) is 5.05. The van der Waals surface area contributed by atoms with Crippen LogP contribution in [-0.4, -0.2) is 6.04 Å². The maximum absolute atomic E-state index is 13.7. The van der Waals surface area contributed by atoms with Crippen LogP contribution in [0.4, 0.5) is 8.78 Å². The number of nitrogens with two attached hydrogens (primary N) is 1. The third-order valence-electron chi connectivity index (χ3n) is 3.66. The van der Waals surface area contributed by atoms with Gasteiger partial charge in [-0.15, -0.1) is 0 Å². The Hall–Kier alpha value is -1.26. The molecule has 0 saturated carbocycles. The lowest BCUT2D eigenvalue weighted by Gasteiger charge is -2.19. The third-order valence-corrected chi connectivity index (χ3v) is 3.66. The van der Waals surface area contributed by atoms with E-state index in [0.717, 1.165) is 25.3 Å². The molecule has 0 radical (unpaired) electrons. The molecule has 0 fully saturated rings. The molecular weight excluding hydrogens is 246 g/mol. The maximum Gasteiger partial charge on any atom is 0.129 e. The molecular formula is C15H20F2N2. The van der Waals surface area contributed by atoms with Gasteiger partial charge in [-0.05, 0) is 43.7 Å². The van der Waals surface area contributed by atoms with E-state index in [1.807, 2.05) is 0 Å². The second-order valence-electron chi connectivity index (χ2n) is 5.04. The van der Waals surface area contributed by atoms with Crippen molar-refractivity contribution in [1.29, 1.82) is 0 Å². The van der Waals surface area contributed by atoms with Crippen LogP contribution in [0, 0.1) is 11.6 Å². The number of halogens is 2. The second kappa shape index (κ2) is 6.78. The Morgan fingerprint density at radius 2 is 2.05 bits per heavy atom. The number of hydrazine groups is 1. The molecule has 1 aromatic carbocycles. The molecule has 0 heterocycles. The summed E-state index contributed by atoms with van der Waals surface area (Å²) in [5, 5.41) is 0. The van der Waals surface area contributed by atoms with Gasteiger partial charge in [0.15, 0.2) is 0 Å². The van der Waals surface area contributed by atoms with E-state index in [4.69, 9.17) is 5.84 Å². The summed E-state index contributed by atoms with van der Waals surface area (Å²) in [4.78, 5) is 0. The lowest BCUT2D eigenvalue weighted by molar-refractivity contribution is 0.532. The fourth-order valence-electron chi connectivity index (χ4n) is 2.56. The highest BCUT2D eigenvalue weighted by Gasteiger charge is 2.16. The molecule has 1 atom stereocenters. The van der Waals surface area contributed by atoms with Gasteiger partial charge in [0, 0.05) is 12.1 Å². The smallest absolute Gasteiger partial charge is 0.129 e. The molecule has 0 aromatic heterocycles. The highest BCUT2D eigenvalue weighted by molar-refractivity contribution is 5.23. The van der Waals surface area contributed by atoms with E-state index in [1.54, 1.807) is 0 Å². The van der Waals surface area contributed by atoms with Crippen molar-refractivity contribution in [3.05, 3.63) is 47.0 Å². The van der Waals surface area contributed by atoms with Gasteiger partial charge < -0.3 is 0 Å². The number of hydrogen-bond donors (Lipinski definition) is 2. The highest BCUT2D eigenvalue weighted by atomic mass is 19.1. The molecule has 19 heavy (non-hydrogen) atoms. The molecule has 1 aromatic rings. The monoisotopic (exact) mass is 266 g/mol. The van der Waals surface area contributed by atoms with Crippen LogP contribution in [0.3, 0.4) is 0 Å². The lowest BCUT2D eigenvalue weighted by atomic mass is 9.96. The molecule has 2 rings (SSSR count). The van der Waals surface area contributed by atoms with Crippen LogP contribution in [0.1, 0.15) is 37.7 Å². The largest absolute Gasteiger partial charge is 0.271 e. The van der Waals surface area contributed by atoms with Crippen LogP contribution in [0.15, 0.2) is 29.8 Å². The molecule has 104 valence electrons. The van der Waals surface area contributed by atoms with Crippen molar-refractivity contribution < 1.29 is 8.78 Å². The van der Waals surface area contributed by atoms with Gasteiger partial charge in [-0.3, -0.25) is 11.3 Å². The number of nitrogens with one attached hydrogen (secondary N) is 1. The zero-order chi connectivity index (χ0) is 13.7. The standard InChI is InChI=1S/C15H20F2N2/c16-13-8-7-12(14(17)10-13)9-15(19-18)11-5-3-1-2-4-6-11/h5,7-8,10,15,19H,1-4,6,9,18H2. The predicted molar refractivity (Wildman–Crippen MR) is 72.3 cm³/mol. The summed E-state index contributed by atoms with van der Waals surface area (Å²) in [6, 6.07) is 3.63. The summed E-state index contributed by atoms with van der Waals surface area (Å²) in [5.41, 5.74) is 4.50. The van der Waals surface area contributed by atoms with E-state index in [-0.39, 0.29) is 6.04 Å². The average molecular weight is 266 g/mol. The Morgan fingerprint density at radius 1 is 1.21 bits per heavy atom. The van der Waals surface area contributed by atoms with E-state index in [0.29, 0.717) is 12.0 Å². The van der Waals surface area contributed by atoms with E-state index in [2.05, 4.69) is 11.5 Å². The number of allylic oxidation sites excluding steroid dienone is 1. The van der Waals surface area contributed by atoms with E-state index in [1.165, 1.54) is 30.5 Å².